The van der Waals surface area contributed by atoms with Gasteiger partial charge < -0.3 is 9.73 Å². The van der Waals surface area contributed by atoms with E-state index in [9.17, 15) is 0 Å². The van der Waals surface area contributed by atoms with E-state index >= 15 is 0 Å². The van der Waals surface area contributed by atoms with Crippen molar-refractivity contribution in [1.29, 1.82) is 0 Å². The van der Waals surface area contributed by atoms with Crippen LogP contribution in [-0.4, -0.2) is 17.0 Å². The monoisotopic (exact) mass is 513 g/mol. The summed E-state index contributed by atoms with van der Waals surface area (Å²) in [6, 6.07) is 1.86. The molecule has 0 aromatic carbocycles. The summed E-state index contributed by atoms with van der Waals surface area (Å²) < 4.78 is 8.14. The SMILES string of the molecule is CNc1nc(-c2cc(Br)c(Br)o2)nc(C(C)(C)C)c1I. The second-order valence-corrected chi connectivity index (χ2v) is 7.94. The molecule has 0 fully saturated rings. The highest BCUT2D eigenvalue weighted by Gasteiger charge is 2.24. The summed E-state index contributed by atoms with van der Waals surface area (Å²) in [4.78, 5) is 9.21. The van der Waals surface area contributed by atoms with Gasteiger partial charge in [-0.05, 0) is 54.5 Å². The molecular weight excluding hydrogens is 501 g/mol. The molecule has 0 amide bonds. The Balaban J connectivity index is 2.66. The Morgan fingerprint density at radius 1 is 1.25 bits per heavy atom. The quantitative estimate of drug-likeness (QED) is 0.559. The number of nitrogens with zero attached hydrogens (tertiary/aromatic N) is 2. The molecule has 7 heteroatoms. The first-order chi connectivity index (χ1) is 9.24. The number of halogens is 3. The van der Waals surface area contributed by atoms with Crippen LogP contribution >= 0.6 is 54.5 Å². The molecule has 0 aliphatic rings. The summed E-state index contributed by atoms with van der Waals surface area (Å²) in [5.41, 5.74) is 0.928. The first-order valence-corrected chi connectivity index (χ1v) is 8.61. The van der Waals surface area contributed by atoms with E-state index in [-0.39, 0.29) is 5.41 Å². The van der Waals surface area contributed by atoms with Gasteiger partial charge in [0.05, 0.1) is 13.7 Å². The molecule has 0 bridgehead atoms. The minimum Gasteiger partial charge on any atom is -0.445 e. The Labute approximate surface area is 148 Å². The largest absolute Gasteiger partial charge is 0.445 e. The van der Waals surface area contributed by atoms with Crippen molar-refractivity contribution >= 4 is 60.3 Å². The van der Waals surface area contributed by atoms with Crippen LogP contribution < -0.4 is 5.32 Å². The molecule has 0 aliphatic carbocycles. The number of furan rings is 1. The standard InChI is InChI=1S/C13H14Br2IN3O/c1-13(2,3)9-8(16)12(17-4)19-11(18-9)7-5-6(14)10(15)20-7/h5H,1-4H3,(H,17,18,19). The third-order valence-electron chi connectivity index (χ3n) is 2.66. The van der Waals surface area contributed by atoms with Gasteiger partial charge in [-0.25, -0.2) is 9.97 Å². The van der Waals surface area contributed by atoms with Crippen LogP contribution in [0.3, 0.4) is 0 Å². The summed E-state index contributed by atoms with van der Waals surface area (Å²) >= 11 is 9.02. The van der Waals surface area contributed by atoms with E-state index in [0.717, 1.165) is 19.6 Å². The Morgan fingerprint density at radius 2 is 1.90 bits per heavy atom. The molecule has 108 valence electrons. The van der Waals surface area contributed by atoms with Gasteiger partial charge in [-0.15, -0.1) is 0 Å². The molecule has 0 spiro atoms. The zero-order chi connectivity index (χ0) is 15.1. The van der Waals surface area contributed by atoms with Gasteiger partial charge in [0.2, 0.25) is 0 Å². The van der Waals surface area contributed by atoms with Gasteiger partial charge in [-0.3, -0.25) is 0 Å². The number of nitrogens with one attached hydrogen (secondary N) is 1. The Hall–Kier alpha value is -0.150. The average molecular weight is 515 g/mol. The van der Waals surface area contributed by atoms with E-state index in [4.69, 9.17) is 4.42 Å². The predicted octanol–water partition coefficient (Wildman–Crippen LogP) is 5.21. The van der Waals surface area contributed by atoms with Gasteiger partial charge in [0.25, 0.3) is 0 Å². The smallest absolute Gasteiger partial charge is 0.198 e. The van der Waals surface area contributed by atoms with Crippen LogP contribution in [0.5, 0.6) is 0 Å². The molecule has 2 heterocycles. The molecule has 2 aromatic rings. The zero-order valence-electron chi connectivity index (χ0n) is 11.5. The number of hydrogen-bond donors (Lipinski definition) is 1. The van der Waals surface area contributed by atoms with Crippen LogP contribution in [0.15, 0.2) is 19.6 Å². The number of rotatable bonds is 2. The van der Waals surface area contributed by atoms with Gasteiger partial charge in [0.1, 0.15) is 5.82 Å². The van der Waals surface area contributed by atoms with Crippen molar-refractivity contribution in [2.45, 2.75) is 26.2 Å². The highest BCUT2D eigenvalue weighted by molar-refractivity contribution is 14.1. The van der Waals surface area contributed by atoms with Crippen LogP contribution in [0, 0.1) is 3.57 Å². The fraction of sp³-hybridized carbons (Fsp3) is 0.385. The van der Waals surface area contributed by atoms with E-state index in [0.29, 0.717) is 16.3 Å². The van der Waals surface area contributed by atoms with Crippen molar-refractivity contribution in [2.75, 3.05) is 12.4 Å². The zero-order valence-corrected chi connectivity index (χ0v) is 16.8. The Bertz CT molecular complexity index is 630. The lowest BCUT2D eigenvalue weighted by molar-refractivity contribution is 0.540. The van der Waals surface area contributed by atoms with Crippen LogP contribution in [0.4, 0.5) is 5.82 Å². The van der Waals surface area contributed by atoms with Gasteiger partial charge in [0.15, 0.2) is 16.3 Å². The van der Waals surface area contributed by atoms with E-state index in [1.165, 1.54) is 0 Å². The van der Waals surface area contributed by atoms with Gasteiger partial charge in [-0.2, -0.15) is 0 Å². The molecule has 0 aliphatic heterocycles. The average Bonchev–Trinajstić information content (AvgIpc) is 2.68. The second-order valence-electron chi connectivity index (χ2n) is 5.29. The molecule has 4 nitrogen and oxygen atoms in total. The molecule has 0 unspecified atom stereocenters. The van der Waals surface area contributed by atoms with Crippen molar-refractivity contribution in [2.24, 2.45) is 0 Å². The van der Waals surface area contributed by atoms with Crippen LogP contribution in [0.1, 0.15) is 26.5 Å². The lowest BCUT2D eigenvalue weighted by Gasteiger charge is -2.21. The van der Waals surface area contributed by atoms with E-state index in [2.05, 4.69) is 90.5 Å². The third-order valence-corrected chi connectivity index (χ3v) is 5.40. The summed E-state index contributed by atoms with van der Waals surface area (Å²) in [6.07, 6.45) is 0. The molecule has 2 aromatic heterocycles. The second kappa shape index (κ2) is 5.92. The first-order valence-electron chi connectivity index (χ1n) is 5.95. The molecule has 2 rings (SSSR count). The van der Waals surface area contributed by atoms with Crippen molar-refractivity contribution in [3.8, 4) is 11.6 Å². The maximum Gasteiger partial charge on any atom is 0.198 e. The van der Waals surface area contributed by atoms with Gasteiger partial charge in [0, 0.05) is 18.5 Å². The molecule has 1 N–H and O–H groups in total. The highest BCUT2D eigenvalue weighted by atomic mass is 127. The van der Waals surface area contributed by atoms with Crippen LogP contribution in [-0.2, 0) is 5.41 Å². The number of hydrogen-bond acceptors (Lipinski definition) is 4. The highest BCUT2D eigenvalue weighted by Crippen LogP contribution is 2.35. The normalized spacial score (nSPS) is 11.8. The van der Waals surface area contributed by atoms with Crippen LogP contribution in [0.2, 0.25) is 0 Å². The van der Waals surface area contributed by atoms with E-state index in [1.54, 1.807) is 0 Å². The molecule has 0 saturated heterocycles. The maximum absolute atomic E-state index is 5.62. The van der Waals surface area contributed by atoms with Crippen LogP contribution in [0.25, 0.3) is 11.6 Å². The number of anilines is 1. The van der Waals surface area contributed by atoms with E-state index in [1.807, 2.05) is 13.1 Å². The fourth-order valence-corrected chi connectivity index (χ4v) is 3.57. The van der Waals surface area contributed by atoms with Gasteiger partial charge in [-0.1, -0.05) is 20.8 Å². The summed E-state index contributed by atoms with van der Waals surface area (Å²) in [7, 11) is 1.86. The molecular formula is C13H14Br2IN3O. The van der Waals surface area contributed by atoms with Gasteiger partial charge >= 0.3 is 0 Å². The Kier molecular flexibility index (Phi) is 4.80. The van der Waals surface area contributed by atoms with Crippen molar-refractivity contribution in [3.63, 3.8) is 0 Å². The van der Waals surface area contributed by atoms with Crippen molar-refractivity contribution in [1.82, 2.24) is 9.97 Å². The molecule has 0 radical (unpaired) electrons. The van der Waals surface area contributed by atoms with E-state index < -0.39 is 0 Å². The van der Waals surface area contributed by atoms with Crippen molar-refractivity contribution in [3.05, 3.63) is 24.5 Å². The maximum atomic E-state index is 5.62. The number of aromatic nitrogens is 2. The lowest BCUT2D eigenvalue weighted by Crippen LogP contribution is -2.18. The molecule has 0 saturated carbocycles. The summed E-state index contributed by atoms with van der Waals surface area (Å²) in [5.74, 6) is 2.01. The predicted molar refractivity (Wildman–Crippen MR) is 96.1 cm³/mol. The minimum absolute atomic E-state index is 0.0686. The minimum atomic E-state index is -0.0686. The topological polar surface area (TPSA) is 51.0 Å². The molecule has 20 heavy (non-hydrogen) atoms. The fourth-order valence-electron chi connectivity index (χ4n) is 1.68. The lowest BCUT2D eigenvalue weighted by atomic mass is 9.92. The summed E-state index contributed by atoms with van der Waals surface area (Å²) in [6.45, 7) is 6.40. The summed E-state index contributed by atoms with van der Waals surface area (Å²) in [5, 5.41) is 3.12. The molecule has 0 atom stereocenters. The van der Waals surface area contributed by atoms with Crippen molar-refractivity contribution < 1.29 is 4.42 Å². The third kappa shape index (κ3) is 3.19. The first kappa shape index (κ1) is 16.2. The Morgan fingerprint density at radius 3 is 2.35 bits per heavy atom.